The summed E-state index contributed by atoms with van der Waals surface area (Å²) < 4.78 is 22.0. The molecule has 0 saturated carbocycles. The van der Waals surface area contributed by atoms with Gasteiger partial charge in [-0.15, -0.1) is 0 Å². The molecule has 110 valence electrons. The van der Waals surface area contributed by atoms with Crippen LogP contribution < -0.4 is 10.6 Å². The maximum Gasteiger partial charge on any atom is 0.245 e. The molecule has 0 saturated heterocycles. The van der Waals surface area contributed by atoms with Crippen molar-refractivity contribution in [1.82, 2.24) is 5.32 Å². The Hall–Kier alpha value is -1.40. The van der Waals surface area contributed by atoms with Crippen LogP contribution in [-0.4, -0.2) is 31.9 Å². The van der Waals surface area contributed by atoms with Crippen LogP contribution in [0.15, 0.2) is 18.2 Å². The van der Waals surface area contributed by atoms with Gasteiger partial charge in [-0.05, 0) is 44.0 Å². The van der Waals surface area contributed by atoms with Gasteiger partial charge in [0.25, 0.3) is 0 Å². The zero-order valence-corrected chi connectivity index (χ0v) is 12.8. The number of carbonyl (C=O) groups excluding carboxylic acids is 1. The summed E-state index contributed by atoms with van der Waals surface area (Å²) in [6.45, 7) is 4.48. The first-order valence-electron chi connectivity index (χ1n) is 6.56. The molecule has 1 heterocycles. The van der Waals surface area contributed by atoms with Gasteiger partial charge in [-0.2, -0.15) is 0 Å². The fourth-order valence-corrected chi connectivity index (χ4v) is 2.48. The van der Waals surface area contributed by atoms with Gasteiger partial charge in [-0.25, -0.2) is 8.42 Å². The maximum atomic E-state index is 12.3. The summed E-state index contributed by atoms with van der Waals surface area (Å²) in [5.41, 5.74) is 2.95. The van der Waals surface area contributed by atoms with Crippen LogP contribution >= 0.6 is 0 Å². The molecule has 0 bridgehead atoms. The van der Waals surface area contributed by atoms with Crippen LogP contribution in [0.4, 0.5) is 5.69 Å². The summed E-state index contributed by atoms with van der Waals surface area (Å²) in [6.07, 6.45) is 1.90. The molecule has 1 aromatic rings. The Balaban J connectivity index is 2.30. The first kappa shape index (κ1) is 15.0. The number of hydrogen-bond donors (Lipinski definition) is 2. The van der Waals surface area contributed by atoms with Crippen LogP contribution in [0.2, 0.25) is 0 Å². The van der Waals surface area contributed by atoms with Crippen molar-refractivity contribution < 1.29 is 13.2 Å². The molecule has 2 N–H and O–H groups in total. The van der Waals surface area contributed by atoms with E-state index in [2.05, 4.69) is 10.6 Å². The van der Waals surface area contributed by atoms with Crippen molar-refractivity contribution in [1.29, 1.82) is 0 Å². The van der Waals surface area contributed by atoms with E-state index in [1.165, 1.54) is 13.8 Å². The molecule has 0 aromatic heterocycles. The van der Waals surface area contributed by atoms with Crippen molar-refractivity contribution in [3.63, 3.8) is 0 Å². The highest BCUT2D eigenvalue weighted by atomic mass is 32.2. The average Bonchev–Trinajstić information content (AvgIpc) is 2.37. The molecule has 0 unspecified atom stereocenters. The molecule has 0 fully saturated rings. The predicted octanol–water partition coefficient (Wildman–Crippen LogP) is 1.09. The molecule has 0 spiro atoms. The Labute approximate surface area is 119 Å². The minimum Gasteiger partial charge on any atom is -0.324 e. The van der Waals surface area contributed by atoms with Crippen LogP contribution in [0.5, 0.6) is 0 Å². The molecule has 0 aliphatic carbocycles. The Morgan fingerprint density at radius 2 is 2.05 bits per heavy atom. The zero-order valence-electron chi connectivity index (χ0n) is 12.0. The summed E-state index contributed by atoms with van der Waals surface area (Å²) >= 11 is 0. The molecule has 1 amide bonds. The maximum absolute atomic E-state index is 12.3. The number of benzene rings is 1. The molecule has 1 aromatic carbocycles. The normalized spacial score (nSPS) is 15.6. The second-order valence-electron chi connectivity index (χ2n) is 5.61. The third-order valence-electron chi connectivity index (χ3n) is 3.86. The lowest BCUT2D eigenvalue weighted by atomic mass is 9.98. The quantitative estimate of drug-likeness (QED) is 0.875. The SMILES string of the molecule is CC(C)(C(=O)Nc1cccc2c1CCNC2)S(C)(=O)=O. The van der Waals surface area contributed by atoms with Crippen molar-refractivity contribution in [2.24, 2.45) is 0 Å². The largest absolute Gasteiger partial charge is 0.324 e. The van der Waals surface area contributed by atoms with E-state index in [9.17, 15) is 13.2 Å². The van der Waals surface area contributed by atoms with Crippen molar-refractivity contribution >= 4 is 21.4 Å². The van der Waals surface area contributed by atoms with Crippen molar-refractivity contribution in [2.75, 3.05) is 18.1 Å². The Kier molecular flexibility index (Phi) is 3.88. The van der Waals surface area contributed by atoms with E-state index in [1.807, 2.05) is 18.2 Å². The molecule has 0 radical (unpaired) electrons. The van der Waals surface area contributed by atoms with E-state index in [4.69, 9.17) is 0 Å². The number of carbonyl (C=O) groups is 1. The van der Waals surface area contributed by atoms with Crippen LogP contribution in [0.1, 0.15) is 25.0 Å². The number of hydrogen-bond acceptors (Lipinski definition) is 4. The minimum absolute atomic E-state index is 0.494. The standard InChI is InChI=1S/C14H20N2O3S/c1-14(2,20(3,18)19)13(17)16-12-6-4-5-10-9-15-8-7-11(10)12/h4-6,15H,7-9H2,1-3H3,(H,16,17). The highest BCUT2D eigenvalue weighted by molar-refractivity contribution is 7.92. The zero-order chi connectivity index (χ0) is 15.0. The fourth-order valence-electron chi connectivity index (χ4n) is 2.09. The van der Waals surface area contributed by atoms with E-state index in [1.54, 1.807) is 0 Å². The second-order valence-corrected chi connectivity index (χ2v) is 8.17. The van der Waals surface area contributed by atoms with E-state index in [0.29, 0.717) is 5.69 Å². The van der Waals surface area contributed by atoms with Gasteiger partial charge in [-0.3, -0.25) is 4.79 Å². The first-order chi connectivity index (χ1) is 9.23. The van der Waals surface area contributed by atoms with Gasteiger partial charge in [-0.1, -0.05) is 12.1 Å². The lowest BCUT2D eigenvalue weighted by Crippen LogP contribution is -2.44. The van der Waals surface area contributed by atoms with E-state index < -0.39 is 20.5 Å². The smallest absolute Gasteiger partial charge is 0.245 e. The lowest BCUT2D eigenvalue weighted by Gasteiger charge is -2.25. The number of anilines is 1. The number of fused-ring (bicyclic) bond motifs is 1. The highest BCUT2D eigenvalue weighted by Crippen LogP contribution is 2.25. The van der Waals surface area contributed by atoms with Crippen LogP contribution in [0.3, 0.4) is 0 Å². The van der Waals surface area contributed by atoms with Crippen molar-refractivity contribution in [2.45, 2.75) is 31.6 Å². The van der Waals surface area contributed by atoms with Crippen molar-refractivity contribution in [3.05, 3.63) is 29.3 Å². The topological polar surface area (TPSA) is 75.3 Å². The number of sulfone groups is 1. The molecule has 2 rings (SSSR count). The Morgan fingerprint density at radius 3 is 2.70 bits per heavy atom. The molecule has 6 heteroatoms. The average molecular weight is 296 g/mol. The molecular formula is C14H20N2O3S. The molecule has 1 aliphatic heterocycles. The predicted molar refractivity (Wildman–Crippen MR) is 79.4 cm³/mol. The highest BCUT2D eigenvalue weighted by Gasteiger charge is 2.38. The van der Waals surface area contributed by atoms with Gasteiger partial charge in [0.15, 0.2) is 9.84 Å². The van der Waals surface area contributed by atoms with E-state index in [-0.39, 0.29) is 0 Å². The number of amides is 1. The Bertz CT molecular complexity index is 636. The molecule has 5 nitrogen and oxygen atoms in total. The molecular weight excluding hydrogens is 276 g/mol. The molecule has 0 atom stereocenters. The lowest BCUT2D eigenvalue weighted by molar-refractivity contribution is -0.117. The molecule has 20 heavy (non-hydrogen) atoms. The van der Waals surface area contributed by atoms with E-state index >= 15 is 0 Å². The van der Waals surface area contributed by atoms with Gasteiger partial charge >= 0.3 is 0 Å². The molecule has 1 aliphatic rings. The van der Waals surface area contributed by atoms with Gasteiger partial charge in [0, 0.05) is 18.5 Å². The first-order valence-corrected chi connectivity index (χ1v) is 8.45. The summed E-state index contributed by atoms with van der Waals surface area (Å²) in [4.78, 5) is 12.3. The summed E-state index contributed by atoms with van der Waals surface area (Å²) in [5, 5.41) is 6.04. The second kappa shape index (κ2) is 5.18. The summed E-state index contributed by atoms with van der Waals surface area (Å²) in [6, 6.07) is 5.70. The summed E-state index contributed by atoms with van der Waals surface area (Å²) in [7, 11) is -3.47. The van der Waals surface area contributed by atoms with Crippen LogP contribution in [0, 0.1) is 0 Å². The van der Waals surface area contributed by atoms with Crippen LogP contribution in [0.25, 0.3) is 0 Å². The summed E-state index contributed by atoms with van der Waals surface area (Å²) in [5.74, 6) is -0.494. The minimum atomic E-state index is -3.47. The van der Waals surface area contributed by atoms with Gasteiger partial charge < -0.3 is 10.6 Å². The number of nitrogens with one attached hydrogen (secondary N) is 2. The third kappa shape index (κ3) is 2.71. The monoisotopic (exact) mass is 296 g/mol. The third-order valence-corrected chi connectivity index (χ3v) is 5.90. The number of rotatable bonds is 3. The van der Waals surface area contributed by atoms with E-state index in [0.717, 1.165) is 36.9 Å². The fraction of sp³-hybridized carbons (Fsp3) is 0.500. The van der Waals surface area contributed by atoms with Crippen molar-refractivity contribution in [3.8, 4) is 0 Å². The van der Waals surface area contributed by atoms with Gasteiger partial charge in [0.05, 0.1) is 0 Å². The Morgan fingerprint density at radius 1 is 1.35 bits per heavy atom. The van der Waals surface area contributed by atoms with Gasteiger partial charge in [0.1, 0.15) is 4.75 Å². The van der Waals surface area contributed by atoms with Crippen LogP contribution in [-0.2, 0) is 27.6 Å². The van der Waals surface area contributed by atoms with Gasteiger partial charge in [0.2, 0.25) is 5.91 Å².